The number of rotatable bonds is 7. The second-order valence-corrected chi connectivity index (χ2v) is 5.70. The molecular formula is C14H26N4O. The molecule has 0 aliphatic rings. The second-order valence-electron chi connectivity index (χ2n) is 5.70. The van der Waals surface area contributed by atoms with Crippen molar-refractivity contribution in [3.8, 4) is 0 Å². The zero-order valence-corrected chi connectivity index (χ0v) is 12.4. The van der Waals surface area contributed by atoms with E-state index in [4.69, 9.17) is 5.73 Å². The molecule has 5 heteroatoms. The van der Waals surface area contributed by atoms with Crippen molar-refractivity contribution in [3.63, 3.8) is 0 Å². The molecule has 1 aromatic rings. The molecule has 1 unspecified atom stereocenters. The summed E-state index contributed by atoms with van der Waals surface area (Å²) in [5.41, 5.74) is 5.55. The van der Waals surface area contributed by atoms with Gasteiger partial charge >= 0.3 is 0 Å². The van der Waals surface area contributed by atoms with Crippen LogP contribution in [0.25, 0.3) is 0 Å². The van der Waals surface area contributed by atoms with Gasteiger partial charge < -0.3 is 15.6 Å². The fourth-order valence-electron chi connectivity index (χ4n) is 2.01. The molecule has 0 saturated heterocycles. The first kappa shape index (κ1) is 15.7. The van der Waals surface area contributed by atoms with Gasteiger partial charge in [-0.3, -0.25) is 4.79 Å². The lowest BCUT2D eigenvalue weighted by Gasteiger charge is -2.22. The van der Waals surface area contributed by atoms with E-state index in [1.165, 1.54) is 0 Å². The van der Waals surface area contributed by atoms with Crippen LogP contribution in [-0.4, -0.2) is 22.1 Å². The Bertz CT molecular complexity index is 439. The lowest BCUT2D eigenvalue weighted by molar-refractivity contribution is 0.490. The van der Waals surface area contributed by atoms with Gasteiger partial charge in [0.05, 0.1) is 0 Å². The molecule has 0 aliphatic heterocycles. The second kappa shape index (κ2) is 7.28. The Kier molecular flexibility index (Phi) is 6.02. The molecule has 1 heterocycles. The quantitative estimate of drug-likeness (QED) is 0.787. The summed E-state index contributed by atoms with van der Waals surface area (Å²) in [4.78, 5) is 16.4. The number of hydrogen-bond acceptors (Lipinski definition) is 4. The number of hydrogen-bond donors (Lipinski definition) is 2. The number of nitrogens with one attached hydrogen (secondary N) is 1. The SMILES string of the molecule is CC(C)Cn1ccnc(NC(CCN)C(C)C)c1=O. The third-order valence-corrected chi connectivity index (χ3v) is 3.08. The molecule has 0 aromatic carbocycles. The van der Waals surface area contributed by atoms with E-state index in [0.29, 0.717) is 30.7 Å². The Morgan fingerprint density at radius 3 is 2.58 bits per heavy atom. The van der Waals surface area contributed by atoms with Crippen LogP contribution in [0.2, 0.25) is 0 Å². The molecule has 0 fully saturated rings. The number of nitrogens with two attached hydrogens (primary N) is 1. The highest BCUT2D eigenvalue weighted by molar-refractivity contribution is 5.32. The Morgan fingerprint density at radius 2 is 2.05 bits per heavy atom. The van der Waals surface area contributed by atoms with Crippen LogP contribution in [0.1, 0.15) is 34.1 Å². The van der Waals surface area contributed by atoms with E-state index < -0.39 is 0 Å². The van der Waals surface area contributed by atoms with Crippen LogP contribution in [0.15, 0.2) is 17.2 Å². The van der Waals surface area contributed by atoms with Gasteiger partial charge in [0.2, 0.25) is 0 Å². The number of anilines is 1. The largest absolute Gasteiger partial charge is 0.362 e. The van der Waals surface area contributed by atoms with Crippen molar-refractivity contribution in [1.29, 1.82) is 0 Å². The molecule has 1 aromatic heterocycles. The molecule has 3 N–H and O–H groups in total. The van der Waals surface area contributed by atoms with E-state index in [9.17, 15) is 4.79 Å². The van der Waals surface area contributed by atoms with Gasteiger partial charge in [-0.15, -0.1) is 0 Å². The monoisotopic (exact) mass is 266 g/mol. The standard InChI is InChI=1S/C14H26N4O/c1-10(2)9-18-8-7-16-13(14(18)19)17-12(5-6-15)11(3)4/h7-8,10-12H,5-6,9,15H2,1-4H3,(H,16,17). The maximum Gasteiger partial charge on any atom is 0.293 e. The van der Waals surface area contributed by atoms with Gasteiger partial charge in [-0.25, -0.2) is 4.98 Å². The zero-order chi connectivity index (χ0) is 14.4. The lowest BCUT2D eigenvalue weighted by atomic mass is 10.0. The van der Waals surface area contributed by atoms with Crippen molar-refractivity contribution in [2.24, 2.45) is 17.6 Å². The van der Waals surface area contributed by atoms with Crippen molar-refractivity contribution in [2.75, 3.05) is 11.9 Å². The van der Waals surface area contributed by atoms with Crippen LogP contribution in [0.4, 0.5) is 5.82 Å². The molecule has 0 saturated carbocycles. The Labute approximate surface area is 115 Å². The number of aromatic nitrogens is 2. The van der Waals surface area contributed by atoms with Crippen LogP contribution >= 0.6 is 0 Å². The minimum Gasteiger partial charge on any atom is -0.362 e. The van der Waals surface area contributed by atoms with Crippen LogP contribution < -0.4 is 16.6 Å². The van der Waals surface area contributed by atoms with Gasteiger partial charge in [0.15, 0.2) is 5.82 Å². The normalized spacial score (nSPS) is 13.0. The highest BCUT2D eigenvalue weighted by atomic mass is 16.1. The third-order valence-electron chi connectivity index (χ3n) is 3.08. The van der Waals surface area contributed by atoms with Crippen LogP contribution in [0, 0.1) is 11.8 Å². The predicted molar refractivity (Wildman–Crippen MR) is 79.3 cm³/mol. The first-order chi connectivity index (χ1) is 8.95. The molecule has 19 heavy (non-hydrogen) atoms. The molecule has 1 atom stereocenters. The van der Waals surface area contributed by atoms with Gasteiger partial charge in [-0.1, -0.05) is 27.7 Å². The minimum atomic E-state index is -0.0566. The highest BCUT2D eigenvalue weighted by Gasteiger charge is 2.15. The predicted octanol–water partition coefficient (Wildman–Crippen LogP) is 1.68. The highest BCUT2D eigenvalue weighted by Crippen LogP contribution is 2.10. The summed E-state index contributed by atoms with van der Waals surface area (Å²) in [6.45, 7) is 9.71. The maximum absolute atomic E-state index is 12.3. The topological polar surface area (TPSA) is 72.9 Å². The van der Waals surface area contributed by atoms with Crippen LogP contribution in [0.5, 0.6) is 0 Å². The molecule has 0 spiro atoms. The van der Waals surface area contributed by atoms with Crippen molar-refractivity contribution in [1.82, 2.24) is 9.55 Å². The van der Waals surface area contributed by atoms with Crippen molar-refractivity contribution in [2.45, 2.75) is 46.7 Å². The van der Waals surface area contributed by atoms with E-state index in [1.54, 1.807) is 17.0 Å². The third kappa shape index (κ3) is 4.67. The van der Waals surface area contributed by atoms with Gasteiger partial charge in [0.25, 0.3) is 5.56 Å². The Balaban J connectivity index is 2.91. The summed E-state index contributed by atoms with van der Waals surface area (Å²) in [5, 5.41) is 3.24. The Morgan fingerprint density at radius 1 is 1.37 bits per heavy atom. The fourth-order valence-corrected chi connectivity index (χ4v) is 2.01. The molecule has 5 nitrogen and oxygen atoms in total. The molecule has 0 radical (unpaired) electrons. The van der Waals surface area contributed by atoms with Gasteiger partial charge in [0.1, 0.15) is 0 Å². The first-order valence-corrected chi connectivity index (χ1v) is 6.97. The minimum absolute atomic E-state index is 0.0566. The van der Waals surface area contributed by atoms with Crippen molar-refractivity contribution >= 4 is 5.82 Å². The summed E-state index contributed by atoms with van der Waals surface area (Å²) in [5.74, 6) is 1.26. The summed E-state index contributed by atoms with van der Waals surface area (Å²) >= 11 is 0. The summed E-state index contributed by atoms with van der Waals surface area (Å²) in [6, 6.07) is 0.181. The molecule has 0 bridgehead atoms. The summed E-state index contributed by atoms with van der Waals surface area (Å²) in [6.07, 6.45) is 4.24. The first-order valence-electron chi connectivity index (χ1n) is 6.97. The molecule has 108 valence electrons. The maximum atomic E-state index is 12.3. The lowest BCUT2D eigenvalue weighted by Crippen LogP contribution is -2.34. The molecule has 0 aliphatic carbocycles. The van der Waals surface area contributed by atoms with E-state index in [0.717, 1.165) is 6.42 Å². The van der Waals surface area contributed by atoms with E-state index in [2.05, 4.69) is 38.0 Å². The smallest absolute Gasteiger partial charge is 0.293 e. The Hall–Kier alpha value is -1.36. The molecular weight excluding hydrogens is 240 g/mol. The van der Waals surface area contributed by atoms with Crippen molar-refractivity contribution in [3.05, 3.63) is 22.7 Å². The van der Waals surface area contributed by atoms with Crippen LogP contribution in [-0.2, 0) is 6.54 Å². The summed E-state index contributed by atoms with van der Waals surface area (Å²) < 4.78 is 1.71. The average molecular weight is 266 g/mol. The zero-order valence-electron chi connectivity index (χ0n) is 12.4. The van der Waals surface area contributed by atoms with Crippen LogP contribution in [0.3, 0.4) is 0 Å². The molecule has 1 rings (SSSR count). The summed E-state index contributed by atoms with van der Waals surface area (Å²) in [7, 11) is 0. The molecule has 0 amide bonds. The van der Waals surface area contributed by atoms with Gasteiger partial charge in [-0.05, 0) is 24.8 Å². The number of nitrogens with zero attached hydrogens (tertiary/aromatic N) is 2. The van der Waals surface area contributed by atoms with Gasteiger partial charge in [-0.2, -0.15) is 0 Å². The van der Waals surface area contributed by atoms with E-state index in [-0.39, 0.29) is 11.6 Å². The van der Waals surface area contributed by atoms with Crippen molar-refractivity contribution < 1.29 is 0 Å². The fraction of sp³-hybridized carbons (Fsp3) is 0.714. The van der Waals surface area contributed by atoms with E-state index in [1.807, 2.05) is 0 Å². The van der Waals surface area contributed by atoms with Gasteiger partial charge in [0, 0.05) is 25.0 Å². The van der Waals surface area contributed by atoms with E-state index >= 15 is 0 Å². The average Bonchev–Trinajstić information content (AvgIpc) is 2.32.